The Morgan fingerprint density at radius 2 is 2.17 bits per heavy atom. The first-order valence-corrected chi connectivity index (χ1v) is 7.66. The van der Waals surface area contributed by atoms with Crippen molar-refractivity contribution in [2.24, 2.45) is 0 Å². The molecular formula is C17H20N4O2. The molecule has 2 aromatic heterocycles. The number of hydrogen-bond acceptors (Lipinski definition) is 5. The average Bonchev–Trinajstić information content (AvgIpc) is 2.98. The molecule has 0 aliphatic carbocycles. The summed E-state index contributed by atoms with van der Waals surface area (Å²) in [5.74, 6) is 1.53. The minimum atomic E-state index is -0.0572. The Balaban J connectivity index is 1.99. The molecule has 1 atom stereocenters. The topological polar surface area (TPSA) is 83.1 Å². The SMILES string of the molecule is CCOc1ccc2[nH]nc(-c3ccnc(N[C@H](C)CO)c3)c2c1. The molecule has 0 unspecified atom stereocenters. The molecule has 0 amide bonds. The fraction of sp³-hybridized carbons (Fsp3) is 0.294. The van der Waals surface area contributed by atoms with Crippen LogP contribution in [0.3, 0.4) is 0 Å². The van der Waals surface area contributed by atoms with Gasteiger partial charge in [-0.1, -0.05) is 0 Å². The van der Waals surface area contributed by atoms with Crippen LogP contribution in [-0.2, 0) is 0 Å². The maximum atomic E-state index is 9.15. The Bertz CT molecular complexity index is 800. The van der Waals surface area contributed by atoms with E-state index in [1.165, 1.54) is 0 Å². The van der Waals surface area contributed by atoms with Gasteiger partial charge in [0.2, 0.25) is 0 Å². The predicted molar refractivity (Wildman–Crippen MR) is 90.7 cm³/mol. The van der Waals surface area contributed by atoms with Crippen molar-refractivity contribution in [1.82, 2.24) is 15.2 Å². The summed E-state index contributed by atoms with van der Waals surface area (Å²) in [6.45, 7) is 4.53. The summed E-state index contributed by atoms with van der Waals surface area (Å²) < 4.78 is 5.57. The van der Waals surface area contributed by atoms with Gasteiger partial charge in [0.25, 0.3) is 0 Å². The van der Waals surface area contributed by atoms with Crippen molar-refractivity contribution in [3.05, 3.63) is 36.5 Å². The largest absolute Gasteiger partial charge is 0.494 e. The molecule has 23 heavy (non-hydrogen) atoms. The Morgan fingerprint density at radius 1 is 1.30 bits per heavy atom. The summed E-state index contributed by atoms with van der Waals surface area (Å²) in [7, 11) is 0. The molecular weight excluding hydrogens is 292 g/mol. The summed E-state index contributed by atoms with van der Waals surface area (Å²) >= 11 is 0. The Labute approximate surface area is 134 Å². The molecule has 3 aromatic rings. The number of rotatable bonds is 6. The summed E-state index contributed by atoms with van der Waals surface area (Å²) in [5, 5.41) is 20.8. The molecule has 1 aromatic carbocycles. The number of benzene rings is 1. The number of hydrogen-bond donors (Lipinski definition) is 3. The molecule has 2 heterocycles. The smallest absolute Gasteiger partial charge is 0.126 e. The Morgan fingerprint density at radius 3 is 2.96 bits per heavy atom. The number of aliphatic hydroxyl groups excluding tert-OH is 1. The van der Waals surface area contributed by atoms with Gasteiger partial charge in [0.05, 0.1) is 18.7 Å². The Hall–Kier alpha value is -2.60. The molecule has 0 saturated carbocycles. The maximum Gasteiger partial charge on any atom is 0.126 e. The Kier molecular flexibility index (Phi) is 4.43. The quantitative estimate of drug-likeness (QED) is 0.652. The number of fused-ring (bicyclic) bond motifs is 1. The normalized spacial score (nSPS) is 12.3. The molecule has 0 bridgehead atoms. The average molecular weight is 312 g/mol. The summed E-state index contributed by atoms with van der Waals surface area (Å²) in [4.78, 5) is 4.28. The number of nitrogens with one attached hydrogen (secondary N) is 2. The van der Waals surface area contributed by atoms with Crippen molar-refractivity contribution < 1.29 is 9.84 Å². The van der Waals surface area contributed by atoms with Crippen LogP contribution in [0.2, 0.25) is 0 Å². The lowest BCUT2D eigenvalue weighted by Gasteiger charge is -2.11. The molecule has 0 fully saturated rings. The van der Waals surface area contributed by atoms with Crippen LogP contribution in [-0.4, -0.2) is 39.5 Å². The molecule has 0 radical (unpaired) electrons. The van der Waals surface area contributed by atoms with E-state index in [0.717, 1.165) is 27.9 Å². The van der Waals surface area contributed by atoms with Crippen LogP contribution < -0.4 is 10.1 Å². The van der Waals surface area contributed by atoms with E-state index in [4.69, 9.17) is 9.84 Å². The van der Waals surface area contributed by atoms with Crippen molar-refractivity contribution >= 4 is 16.7 Å². The van der Waals surface area contributed by atoms with Gasteiger partial charge in [-0.2, -0.15) is 5.10 Å². The van der Waals surface area contributed by atoms with E-state index >= 15 is 0 Å². The summed E-state index contributed by atoms with van der Waals surface area (Å²) in [6, 6.07) is 9.66. The number of ether oxygens (including phenoxy) is 1. The van der Waals surface area contributed by atoms with Crippen LogP contribution in [0.25, 0.3) is 22.2 Å². The molecule has 120 valence electrons. The highest BCUT2D eigenvalue weighted by atomic mass is 16.5. The third-order valence-corrected chi connectivity index (χ3v) is 3.55. The van der Waals surface area contributed by atoms with Crippen molar-refractivity contribution in [3.8, 4) is 17.0 Å². The van der Waals surface area contributed by atoms with E-state index in [1.54, 1.807) is 6.20 Å². The number of aromatic nitrogens is 3. The van der Waals surface area contributed by atoms with Crippen LogP contribution in [0.1, 0.15) is 13.8 Å². The standard InChI is InChI=1S/C17H20N4O2/c1-3-23-13-4-5-15-14(9-13)17(21-20-15)12-6-7-18-16(8-12)19-11(2)10-22/h4-9,11,22H,3,10H2,1-2H3,(H,18,19)(H,20,21)/t11-/m1/s1. The highest BCUT2D eigenvalue weighted by Crippen LogP contribution is 2.30. The maximum absolute atomic E-state index is 9.15. The van der Waals surface area contributed by atoms with E-state index < -0.39 is 0 Å². The van der Waals surface area contributed by atoms with Crippen LogP contribution in [0, 0.1) is 0 Å². The lowest BCUT2D eigenvalue weighted by atomic mass is 10.1. The molecule has 0 aliphatic rings. The van der Waals surface area contributed by atoms with E-state index in [2.05, 4.69) is 20.5 Å². The van der Waals surface area contributed by atoms with E-state index in [0.29, 0.717) is 12.4 Å². The van der Waals surface area contributed by atoms with Crippen LogP contribution in [0.4, 0.5) is 5.82 Å². The molecule has 6 heteroatoms. The number of H-pyrrole nitrogens is 1. The fourth-order valence-electron chi connectivity index (χ4n) is 2.42. The summed E-state index contributed by atoms with van der Waals surface area (Å²) in [6.07, 6.45) is 1.73. The molecule has 0 saturated heterocycles. The third kappa shape index (κ3) is 3.27. The molecule has 0 aliphatic heterocycles. The van der Waals surface area contributed by atoms with Crippen molar-refractivity contribution in [3.63, 3.8) is 0 Å². The van der Waals surface area contributed by atoms with E-state index in [1.807, 2.05) is 44.2 Å². The van der Waals surface area contributed by atoms with Crippen LogP contribution in [0.15, 0.2) is 36.5 Å². The highest BCUT2D eigenvalue weighted by molar-refractivity contribution is 5.94. The zero-order valence-electron chi connectivity index (χ0n) is 13.2. The monoisotopic (exact) mass is 312 g/mol. The third-order valence-electron chi connectivity index (χ3n) is 3.55. The van der Waals surface area contributed by atoms with Gasteiger partial charge in [-0.05, 0) is 44.2 Å². The van der Waals surface area contributed by atoms with Crippen LogP contribution >= 0.6 is 0 Å². The second kappa shape index (κ2) is 6.66. The first kappa shape index (κ1) is 15.3. The number of pyridine rings is 1. The van der Waals surface area contributed by atoms with Gasteiger partial charge in [-0.3, -0.25) is 5.10 Å². The molecule has 3 N–H and O–H groups in total. The van der Waals surface area contributed by atoms with Gasteiger partial charge in [0.1, 0.15) is 17.3 Å². The number of anilines is 1. The second-order valence-electron chi connectivity index (χ2n) is 5.37. The van der Waals surface area contributed by atoms with E-state index in [9.17, 15) is 0 Å². The lowest BCUT2D eigenvalue weighted by Crippen LogP contribution is -2.19. The first-order valence-electron chi connectivity index (χ1n) is 7.66. The summed E-state index contributed by atoms with van der Waals surface area (Å²) in [5.41, 5.74) is 2.76. The number of aromatic amines is 1. The fourth-order valence-corrected chi connectivity index (χ4v) is 2.42. The van der Waals surface area contributed by atoms with Crippen molar-refractivity contribution in [1.29, 1.82) is 0 Å². The van der Waals surface area contributed by atoms with Gasteiger partial charge < -0.3 is 15.2 Å². The highest BCUT2D eigenvalue weighted by Gasteiger charge is 2.11. The van der Waals surface area contributed by atoms with Gasteiger partial charge in [0.15, 0.2) is 0 Å². The zero-order valence-corrected chi connectivity index (χ0v) is 13.2. The number of aliphatic hydroxyl groups is 1. The molecule has 3 rings (SSSR count). The van der Waals surface area contributed by atoms with E-state index in [-0.39, 0.29) is 12.6 Å². The second-order valence-corrected chi connectivity index (χ2v) is 5.37. The molecule has 0 spiro atoms. The predicted octanol–water partition coefficient (Wildman–Crippen LogP) is 2.82. The van der Waals surface area contributed by atoms with Crippen molar-refractivity contribution in [2.45, 2.75) is 19.9 Å². The van der Waals surface area contributed by atoms with Gasteiger partial charge in [-0.15, -0.1) is 0 Å². The van der Waals surface area contributed by atoms with Crippen molar-refractivity contribution in [2.75, 3.05) is 18.5 Å². The first-order chi connectivity index (χ1) is 11.2. The zero-order chi connectivity index (χ0) is 16.2. The van der Waals surface area contributed by atoms with Gasteiger partial charge in [0, 0.05) is 23.2 Å². The van der Waals surface area contributed by atoms with Gasteiger partial charge >= 0.3 is 0 Å². The van der Waals surface area contributed by atoms with Gasteiger partial charge in [-0.25, -0.2) is 4.98 Å². The number of nitrogens with zero attached hydrogens (tertiary/aromatic N) is 2. The molecule has 6 nitrogen and oxygen atoms in total. The lowest BCUT2D eigenvalue weighted by molar-refractivity contribution is 0.281. The minimum absolute atomic E-state index is 0.0506. The van der Waals surface area contributed by atoms with Crippen LogP contribution in [0.5, 0.6) is 5.75 Å². The minimum Gasteiger partial charge on any atom is -0.494 e.